The molecular formula is C23H24FN3O. The predicted molar refractivity (Wildman–Crippen MR) is 110 cm³/mol. The number of halogens is 1. The van der Waals surface area contributed by atoms with Crippen LogP contribution in [-0.2, 0) is 6.54 Å². The van der Waals surface area contributed by atoms with E-state index < -0.39 is 0 Å². The van der Waals surface area contributed by atoms with Crippen LogP contribution >= 0.6 is 0 Å². The number of benzene rings is 2. The molecule has 0 spiro atoms. The van der Waals surface area contributed by atoms with Gasteiger partial charge in [-0.05, 0) is 41.5 Å². The number of hydrogen-bond acceptors (Lipinski definition) is 4. The van der Waals surface area contributed by atoms with Crippen LogP contribution in [0.1, 0.15) is 5.56 Å². The van der Waals surface area contributed by atoms with Gasteiger partial charge in [-0.15, -0.1) is 0 Å². The highest BCUT2D eigenvalue weighted by Gasteiger charge is 2.19. The van der Waals surface area contributed by atoms with Gasteiger partial charge in [0.15, 0.2) is 0 Å². The largest absolute Gasteiger partial charge is 0.497 e. The lowest BCUT2D eigenvalue weighted by atomic mass is 10.1. The third-order valence-electron chi connectivity index (χ3n) is 5.17. The first-order valence-corrected chi connectivity index (χ1v) is 9.53. The van der Waals surface area contributed by atoms with E-state index in [2.05, 4.69) is 26.9 Å². The standard InChI is InChI=1S/C23H24FN3O/c1-28-21-6-4-5-19(14-21)20-13-18(15-25-16-20)17-26-9-11-27(12-10-26)23-8-3-2-7-22(23)24/h2-8,13-16H,9-12,17H2,1H3. The minimum Gasteiger partial charge on any atom is -0.497 e. The number of methoxy groups -OCH3 is 1. The Bertz CT molecular complexity index is 938. The molecule has 0 unspecified atom stereocenters. The van der Waals surface area contributed by atoms with E-state index in [4.69, 9.17) is 4.74 Å². The van der Waals surface area contributed by atoms with Crippen molar-refractivity contribution in [2.45, 2.75) is 6.54 Å². The summed E-state index contributed by atoms with van der Waals surface area (Å²) >= 11 is 0. The molecule has 1 saturated heterocycles. The van der Waals surface area contributed by atoms with Gasteiger partial charge in [-0.3, -0.25) is 9.88 Å². The molecule has 0 amide bonds. The average molecular weight is 377 g/mol. The molecule has 1 fully saturated rings. The summed E-state index contributed by atoms with van der Waals surface area (Å²) in [4.78, 5) is 8.94. The molecule has 0 radical (unpaired) electrons. The topological polar surface area (TPSA) is 28.6 Å². The first-order chi connectivity index (χ1) is 13.7. The summed E-state index contributed by atoms with van der Waals surface area (Å²) in [6, 6.07) is 17.2. The molecule has 4 nitrogen and oxygen atoms in total. The normalized spacial score (nSPS) is 14.9. The highest BCUT2D eigenvalue weighted by molar-refractivity contribution is 5.64. The van der Waals surface area contributed by atoms with Gasteiger partial charge < -0.3 is 9.64 Å². The predicted octanol–water partition coefficient (Wildman–Crippen LogP) is 4.22. The van der Waals surface area contributed by atoms with E-state index in [-0.39, 0.29) is 5.82 Å². The first-order valence-electron chi connectivity index (χ1n) is 9.53. The molecule has 0 aliphatic carbocycles. The Balaban J connectivity index is 1.41. The Hall–Kier alpha value is -2.92. The van der Waals surface area contributed by atoms with Crippen LogP contribution in [0.15, 0.2) is 67.0 Å². The maximum absolute atomic E-state index is 14.0. The Morgan fingerprint density at radius 1 is 0.929 bits per heavy atom. The van der Waals surface area contributed by atoms with Crippen molar-refractivity contribution in [3.63, 3.8) is 0 Å². The number of ether oxygens (including phenoxy) is 1. The fourth-order valence-corrected chi connectivity index (χ4v) is 3.65. The van der Waals surface area contributed by atoms with Gasteiger partial charge in [0.2, 0.25) is 0 Å². The van der Waals surface area contributed by atoms with E-state index in [1.54, 1.807) is 13.2 Å². The summed E-state index contributed by atoms with van der Waals surface area (Å²) in [5.41, 5.74) is 4.06. The van der Waals surface area contributed by atoms with Gasteiger partial charge in [0.25, 0.3) is 0 Å². The molecule has 1 aromatic heterocycles. The van der Waals surface area contributed by atoms with Crippen LogP contribution < -0.4 is 9.64 Å². The molecule has 4 rings (SSSR count). The van der Waals surface area contributed by atoms with Crippen molar-refractivity contribution in [2.24, 2.45) is 0 Å². The van der Waals surface area contributed by atoms with Gasteiger partial charge in [-0.25, -0.2) is 4.39 Å². The van der Waals surface area contributed by atoms with Crippen molar-refractivity contribution in [3.05, 3.63) is 78.4 Å². The zero-order valence-corrected chi connectivity index (χ0v) is 16.0. The number of para-hydroxylation sites is 1. The molecule has 5 heteroatoms. The Labute approximate surface area is 165 Å². The molecule has 144 valence electrons. The molecule has 0 N–H and O–H groups in total. The van der Waals surface area contributed by atoms with Gasteiger partial charge >= 0.3 is 0 Å². The number of pyridine rings is 1. The molecule has 1 aliphatic heterocycles. The lowest BCUT2D eigenvalue weighted by Crippen LogP contribution is -2.46. The smallest absolute Gasteiger partial charge is 0.146 e. The highest BCUT2D eigenvalue weighted by Crippen LogP contribution is 2.25. The lowest BCUT2D eigenvalue weighted by Gasteiger charge is -2.36. The highest BCUT2D eigenvalue weighted by atomic mass is 19.1. The lowest BCUT2D eigenvalue weighted by molar-refractivity contribution is 0.249. The Kier molecular flexibility index (Phi) is 5.53. The van der Waals surface area contributed by atoms with E-state index in [1.165, 1.54) is 11.6 Å². The number of rotatable bonds is 5. The minimum atomic E-state index is -0.147. The molecule has 2 aromatic carbocycles. The summed E-state index contributed by atoms with van der Waals surface area (Å²) < 4.78 is 19.3. The van der Waals surface area contributed by atoms with Crippen molar-refractivity contribution in [2.75, 3.05) is 38.2 Å². The van der Waals surface area contributed by atoms with Crippen LogP contribution in [-0.4, -0.2) is 43.2 Å². The average Bonchev–Trinajstić information content (AvgIpc) is 2.75. The SMILES string of the molecule is COc1cccc(-c2cncc(CN3CCN(c4ccccc4F)CC3)c2)c1. The summed E-state index contributed by atoms with van der Waals surface area (Å²) in [7, 11) is 1.68. The molecule has 2 heterocycles. The van der Waals surface area contributed by atoms with Gasteiger partial charge in [0, 0.05) is 50.7 Å². The molecule has 0 saturated carbocycles. The number of aromatic nitrogens is 1. The number of nitrogens with zero attached hydrogens (tertiary/aromatic N) is 3. The maximum Gasteiger partial charge on any atom is 0.146 e. The summed E-state index contributed by atoms with van der Waals surface area (Å²) in [6.45, 7) is 4.29. The maximum atomic E-state index is 14.0. The van der Waals surface area contributed by atoms with Crippen molar-refractivity contribution >= 4 is 5.69 Å². The Morgan fingerprint density at radius 2 is 1.75 bits per heavy atom. The fraction of sp³-hybridized carbons (Fsp3) is 0.261. The second-order valence-electron chi connectivity index (χ2n) is 7.03. The fourth-order valence-electron chi connectivity index (χ4n) is 3.65. The van der Waals surface area contributed by atoms with E-state index in [0.717, 1.165) is 49.6 Å². The summed E-state index contributed by atoms with van der Waals surface area (Å²) in [5, 5.41) is 0. The second kappa shape index (κ2) is 8.40. The number of anilines is 1. The third kappa shape index (κ3) is 4.15. The van der Waals surface area contributed by atoms with Crippen LogP contribution in [0.5, 0.6) is 5.75 Å². The van der Waals surface area contributed by atoms with Gasteiger partial charge in [0.1, 0.15) is 11.6 Å². The van der Waals surface area contributed by atoms with Gasteiger partial charge in [0.05, 0.1) is 12.8 Å². The van der Waals surface area contributed by atoms with Gasteiger partial charge in [-0.2, -0.15) is 0 Å². The third-order valence-corrected chi connectivity index (χ3v) is 5.17. The minimum absolute atomic E-state index is 0.147. The molecule has 28 heavy (non-hydrogen) atoms. The monoisotopic (exact) mass is 377 g/mol. The van der Waals surface area contributed by atoms with E-state index in [0.29, 0.717) is 5.69 Å². The quantitative estimate of drug-likeness (QED) is 0.666. The van der Waals surface area contributed by atoms with E-state index in [1.807, 2.05) is 42.7 Å². The first kappa shape index (κ1) is 18.4. The van der Waals surface area contributed by atoms with Crippen molar-refractivity contribution < 1.29 is 9.13 Å². The molecule has 1 aliphatic rings. The molecular weight excluding hydrogens is 353 g/mol. The number of piperazine rings is 1. The number of hydrogen-bond donors (Lipinski definition) is 0. The van der Waals surface area contributed by atoms with Crippen LogP contribution in [0.25, 0.3) is 11.1 Å². The molecule has 3 aromatic rings. The van der Waals surface area contributed by atoms with Crippen LogP contribution in [0.3, 0.4) is 0 Å². The zero-order chi connectivity index (χ0) is 19.3. The van der Waals surface area contributed by atoms with Crippen molar-refractivity contribution in [3.8, 4) is 16.9 Å². The zero-order valence-electron chi connectivity index (χ0n) is 16.0. The van der Waals surface area contributed by atoms with Crippen LogP contribution in [0, 0.1) is 5.82 Å². The van der Waals surface area contributed by atoms with Crippen LogP contribution in [0.4, 0.5) is 10.1 Å². The molecule has 0 bridgehead atoms. The summed E-state index contributed by atoms with van der Waals surface area (Å²) in [6.07, 6.45) is 3.81. The van der Waals surface area contributed by atoms with E-state index in [9.17, 15) is 4.39 Å². The molecule has 0 atom stereocenters. The second-order valence-corrected chi connectivity index (χ2v) is 7.03. The summed E-state index contributed by atoms with van der Waals surface area (Å²) in [5.74, 6) is 0.693. The Morgan fingerprint density at radius 3 is 2.54 bits per heavy atom. The van der Waals surface area contributed by atoms with Gasteiger partial charge in [-0.1, -0.05) is 24.3 Å². The van der Waals surface area contributed by atoms with E-state index >= 15 is 0 Å². The van der Waals surface area contributed by atoms with Crippen molar-refractivity contribution in [1.29, 1.82) is 0 Å². The van der Waals surface area contributed by atoms with Crippen LogP contribution in [0.2, 0.25) is 0 Å². The van der Waals surface area contributed by atoms with Crippen molar-refractivity contribution in [1.82, 2.24) is 9.88 Å².